The Morgan fingerprint density at radius 2 is 2.00 bits per heavy atom. The Morgan fingerprint density at radius 3 is 2.57 bits per heavy atom. The molecule has 0 radical (unpaired) electrons. The van der Waals surface area contributed by atoms with Gasteiger partial charge in [-0.05, 0) is 12.8 Å². The molecule has 0 aromatic carbocycles. The van der Waals surface area contributed by atoms with E-state index in [2.05, 4.69) is 0 Å². The van der Waals surface area contributed by atoms with E-state index in [0.717, 1.165) is 25.7 Å². The lowest BCUT2D eigenvalue weighted by Crippen LogP contribution is -2.27. The molecular formula is C9H18O3S2. The average molecular weight is 238 g/mol. The van der Waals surface area contributed by atoms with Crippen LogP contribution in [0.25, 0.3) is 0 Å². The molecule has 0 saturated heterocycles. The van der Waals surface area contributed by atoms with Gasteiger partial charge in [0.2, 0.25) is 0 Å². The van der Waals surface area contributed by atoms with Crippen molar-refractivity contribution in [3.05, 3.63) is 0 Å². The maximum absolute atomic E-state index is 10.9. The first kappa shape index (κ1) is 12.3. The van der Waals surface area contributed by atoms with Crippen LogP contribution in [0, 0.1) is 0 Å². The van der Waals surface area contributed by atoms with Crippen LogP contribution in [0.5, 0.6) is 0 Å². The minimum absolute atomic E-state index is 0.223. The second-order valence-electron chi connectivity index (χ2n) is 3.89. The standard InChI is InChI=1S/C9H18O3S2/c1-14(11,12)7-6-13-9-5-3-2-4-8(9)10/h8-10H,2-7H2,1H3/t8-,9-/m1/s1. The lowest BCUT2D eigenvalue weighted by Gasteiger charge is -2.26. The molecule has 0 heterocycles. The Kier molecular flexibility index (Phi) is 4.73. The second-order valence-corrected chi connectivity index (χ2v) is 7.50. The third-order valence-corrected chi connectivity index (χ3v) is 5.08. The fourth-order valence-electron chi connectivity index (χ4n) is 1.62. The molecule has 1 N–H and O–H groups in total. The topological polar surface area (TPSA) is 54.4 Å². The highest BCUT2D eigenvalue weighted by Crippen LogP contribution is 2.28. The van der Waals surface area contributed by atoms with Crippen molar-refractivity contribution >= 4 is 21.6 Å². The van der Waals surface area contributed by atoms with Crippen LogP contribution in [0.4, 0.5) is 0 Å². The summed E-state index contributed by atoms with van der Waals surface area (Å²) in [5, 5.41) is 9.88. The van der Waals surface area contributed by atoms with E-state index in [1.165, 1.54) is 6.26 Å². The Bertz CT molecular complexity index is 261. The number of rotatable bonds is 4. The smallest absolute Gasteiger partial charge is 0.148 e. The van der Waals surface area contributed by atoms with Crippen molar-refractivity contribution in [2.75, 3.05) is 17.8 Å². The highest BCUT2D eigenvalue weighted by atomic mass is 32.2. The highest BCUT2D eigenvalue weighted by Gasteiger charge is 2.23. The Labute approximate surface area is 90.2 Å². The first-order valence-electron chi connectivity index (χ1n) is 4.96. The lowest BCUT2D eigenvalue weighted by atomic mass is 9.97. The molecule has 0 aliphatic heterocycles. The number of aliphatic hydroxyl groups is 1. The van der Waals surface area contributed by atoms with Gasteiger partial charge in [-0.25, -0.2) is 8.42 Å². The first-order valence-corrected chi connectivity index (χ1v) is 8.07. The first-order chi connectivity index (χ1) is 6.49. The van der Waals surface area contributed by atoms with Crippen molar-refractivity contribution in [3.8, 4) is 0 Å². The second kappa shape index (κ2) is 5.37. The third-order valence-electron chi connectivity index (χ3n) is 2.45. The molecule has 0 spiro atoms. The van der Waals surface area contributed by atoms with Gasteiger partial charge in [-0.1, -0.05) is 12.8 Å². The van der Waals surface area contributed by atoms with Gasteiger partial charge in [0.25, 0.3) is 0 Å². The van der Waals surface area contributed by atoms with Crippen LogP contribution in [0.15, 0.2) is 0 Å². The molecule has 0 aromatic rings. The summed E-state index contributed by atoms with van der Waals surface area (Å²) >= 11 is 1.60. The molecule has 1 rings (SSSR count). The molecule has 0 amide bonds. The van der Waals surface area contributed by atoms with Crippen molar-refractivity contribution in [2.45, 2.75) is 37.0 Å². The molecule has 2 atom stereocenters. The van der Waals surface area contributed by atoms with Crippen LogP contribution in [-0.4, -0.2) is 42.6 Å². The SMILES string of the molecule is CS(=O)(=O)CCS[C@@H]1CCCC[C@H]1O. The van der Waals surface area contributed by atoms with Crippen LogP contribution in [0.2, 0.25) is 0 Å². The van der Waals surface area contributed by atoms with Crippen LogP contribution in [-0.2, 0) is 9.84 Å². The normalized spacial score (nSPS) is 29.0. The minimum atomic E-state index is -2.84. The van der Waals surface area contributed by atoms with E-state index >= 15 is 0 Å². The summed E-state index contributed by atoms with van der Waals surface area (Å²) in [4.78, 5) is 0. The van der Waals surface area contributed by atoms with E-state index in [0.29, 0.717) is 5.75 Å². The van der Waals surface area contributed by atoms with Crippen molar-refractivity contribution in [1.82, 2.24) is 0 Å². The predicted molar refractivity (Wildman–Crippen MR) is 60.4 cm³/mol. The van der Waals surface area contributed by atoms with Crippen molar-refractivity contribution in [2.24, 2.45) is 0 Å². The molecule has 0 unspecified atom stereocenters. The zero-order valence-corrected chi connectivity index (χ0v) is 10.1. The Balaban J connectivity index is 2.23. The Morgan fingerprint density at radius 1 is 1.36 bits per heavy atom. The monoisotopic (exact) mass is 238 g/mol. The zero-order valence-electron chi connectivity index (χ0n) is 8.48. The van der Waals surface area contributed by atoms with Gasteiger partial charge in [0, 0.05) is 17.3 Å². The summed E-state index contributed by atoms with van der Waals surface area (Å²) in [6.45, 7) is 0. The fourth-order valence-corrected chi connectivity index (χ4v) is 4.21. The number of aliphatic hydroxyl groups excluding tert-OH is 1. The van der Waals surface area contributed by atoms with Gasteiger partial charge < -0.3 is 5.11 Å². The minimum Gasteiger partial charge on any atom is -0.392 e. The van der Waals surface area contributed by atoms with Gasteiger partial charge in [-0.3, -0.25) is 0 Å². The molecule has 1 aliphatic rings. The maximum atomic E-state index is 10.9. The number of hydrogen-bond acceptors (Lipinski definition) is 4. The molecule has 0 aromatic heterocycles. The summed E-state index contributed by atoms with van der Waals surface area (Å²) in [5.41, 5.74) is 0. The van der Waals surface area contributed by atoms with Crippen molar-refractivity contribution in [1.29, 1.82) is 0 Å². The number of hydrogen-bond donors (Lipinski definition) is 1. The summed E-state index contributed by atoms with van der Waals surface area (Å²) < 4.78 is 21.8. The molecule has 1 aliphatic carbocycles. The zero-order chi connectivity index (χ0) is 10.6. The molecule has 1 saturated carbocycles. The summed E-state index contributed by atoms with van der Waals surface area (Å²) in [5.74, 6) is 0.835. The van der Waals surface area contributed by atoms with Crippen LogP contribution in [0.3, 0.4) is 0 Å². The summed E-state index contributed by atoms with van der Waals surface area (Å²) in [6, 6.07) is 0. The molecular weight excluding hydrogens is 220 g/mol. The van der Waals surface area contributed by atoms with Crippen LogP contribution < -0.4 is 0 Å². The van der Waals surface area contributed by atoms with Gasteiger partial charge in [-0.15, -0.1) is 0 Å². The van der Waals surface area contributed by atoms with E-state index in [-0.39, 0.29) is 17.1 Å². The third kappa shape index (κ3) is 4.66. The van der Waals surface area contributed by atoms with E-state index < -0.39 is 9.84 Å². The van der Waals surface area contributed by atoms with Crippen molar-refractivity contribution < 1.29 is 13.5 Å². The van der Waals surface area contributed by atoms with Crippen LogP contribution in [0.1, 0.15) is 25.7 Å². The summed E-state index contributed by atoms with van der Waals surface area (Å²) in [6.07, 6.45) is 5.18. The van der Waals surface area contributed by atoms with Crippen LogP contribution >= 0.6 is 11.8 Å². The highest BCUT2D eigenvalue weighted by molar-refractivity contribution is 8.01. The maximum Gasteiger partial charge on any atom is 0.148 e. The van der Waals surface area contributed by atoms with Crippen molar-refractivity contribution in [3.63, 3.8) is 0 Å². The molecule has 1 fully saturated rings. The quantitative estimate of drug-likeness (QED) is 0.796. The Hall–Kier alpha value is 0.260. The van der Waals surface area contributed by atoms with E-state index in [1.54, 1.807) is 11.8 Å². The lowest BCUT2D eigenvalue weighted by molar-refractivity contribution is 0.137. The molecule has 84 valence electrons. The van der Waals surface area contributed by atoms with Gasteiger partial charge in [-0.2, -0.15) is 11.8 Å². The van der Waals surface area contributed by atoms with E-state index in [1.807, 2.05) is 0 Å². The summed E-state index contributed by atoms with van der Waals surface area (Å²) in [7, 11) is -2.84. The van der Waals surface area contributed by atoms with E-state index in [4.69, 9.17) is 0 Å². The van der Waals surface area contributed by atoms with Gasteiger partial charge in [0.1, 0.15) is 9.84 Å². The van der Waals surface area contributed by atoms with Gasteiger partial charge >= 0.3 is 0 Å². The van der Waals surface area contributed by atoms with Gasteiger partial charge in [0.15, 0.2) is 0 Å². The average Bonchev–Trinajstić information content (AvgIpc) is 2.06. The largest absolute Gasteiger partial charge is 0.392 e. The number of sulfone groups is 1. The molecule has 14 heavy (non-hydrogen) atoms. The van der Waals surface area contributed by atoms with Gasteiger partial charge in [0.05, 0.1) is 11.9 Å². The molecule has 0 bridgehead atoms. The molecule has 3 nitrogen and oxygen atoms in total. The fraction of sp³-hybridized carbons (Fsp3) is 1.00. The molecule has 5 heteroatoms. The van der Waals surface area contributed by atoms with E-state index in [9.17, 15) is 13.5 Å². The predicted octanol–water partition coefficient (Wildman–Crippen LogP) is 1.07. The number of thioether (sulfide) groups is 1.